The molecule has 0 spiro atoms. The van der Waals surface area contributed by atoms with Gasteiger partial charge in [-0.2, -0.15) is 0 Å². The molecule has 3 aromatic rings. The van der Waals surface area contributed by atoms with Gasteiger partial charge in [0.2, 0.25) is 0 Å². The van der Waals surface area contributed by atoms with Crippen molar-refractivity contribution < 1.29 is 4.79 Å². The fraction of sp³-hybridized carbons (Fsp3) is 0.222. The number of amides is 1. The molecule has 0 atom stereocenters. The molecule has 1 amide bonds. The first-order valence-corrected chi connectivity index (χ1v) is 8.05. The lowest BCUT2D eigenvalue weighted by Gasteiger charge is -2.07. The van der Waals surface area contributed by atoms with Crippen molar-refractivity contribution in [3.8, 4) is 0 Å². The van der Waals surface area contributed by atoms with Gasteiger partial charge in [0.25, 0.3) is 5.91 Å². The van der Waals surface area contributed by atoms with Crippen LogP contribution in [0.3, 0.4) is 0 Å². The summed E-state index contributed by atoms with van der Waals surface area (Å²) in [6.45, 7) is 2.54. The molecule has 2 aromatic heterocycles. The summed E-state index contributed by atoms with van der Waals surface area (Å²) < 4.78 is 1.85. The van der Waals surface area contributed by atoms with Crippen LogP contribution in [0.5, 0.6) is 0 Å². The van der Waals surface area contributed by atoms with E-state index in [9.17, 15) is 4.79 Å². The lowest BCUT2D eigenvalue weighted by Crippen LogP contribution is -2.25. The average Bonchev–Trinajstić information content (AvgIpc) is 2.92. The van der Waals surface area contributed by atoms with Gasteiger partial charge >= 0.3 is 0 Å². The number of halogens is 1. The van der Waals surface area contributed by atoms with Crippen LogP contribution in [0.1, 0.15) is 35.1 Å². The van der Waals surface area contributed by atoms with Crippen LogP contribution in [0.2, 0.25) is 5.02 Å². The quantitative estimate of drug-likeness (QED) is 0.773. The third-order valence-electron chi connectivity index (χ3n) is 3.67. The summed E-state index contributed by atoms with van der Waals surface area (Å²) in [4.78, 5) is 17.2. The first kappa shape index (κ1) is 15.6. The van der Waals surface area contributed by atoms with Gasteiger partial charge in [0, 0.05) is 17.8 Å². The highest BCUT2D eigenvalue weighted by molar-refractivity contribution is 6.30. The molecule has 0 aliphatic heterocycles. The average molecular weight is 328 g/mol. The zero-order valence-corrected chi connectivity index (χ0v) is 13.7. The highest BCUT2D eigenvalue weighted by atomic mass is 35.5. The SMILES string of the molecule is CCCc1nc2ccccn2c1C(=O)NCc1ccc(Cl)cc1. The van der Waals surface area contributed by atoms with E-state index in [1.165, 1.54) is 0 Å². The van der Waals surface area contributed by atoms with Gasteiger partial charge in [0.15, 0.2) is 0 Å². The number of aryl methyl sites for hydroxylation is 1. The number of carbonyl (C=O) groups is 1. The molecule has 0 radical (unpaired) electrons. The van der Waals surface area contributed by atoms with Crippen LogP contribution < -0.4 is 5.32 Å². The van der Waals surface area contributed by atoms with Crippen molar-refractivity contribution in [3.05, 3.63) is 70.6 Å². The summed E-state index contributed by atoms with van der Waals surface area (Å²) in [6.07, 6.45) is 3.60. The van der Waals surface area contributed by atoms with E-state index >= 15 is 0 Å². The van der Waals surface area contributed by atoms with Gasteiger partial charge in [0.1, 0.15) is 11.3 Å². The van der Waals surface area contributed by atoms with Gasteiger partial charge in [-0.3, -0.25) is 9.20 Å². The largest absolute Gasteiger partial charge is 0.347 e. The second-order valence-corrected chi connectivity index (χ2v) is 5.83. The first-order valence-electron chi connectivity index (χ1n) is 7.67. The van der Waals surface area contributed by atoms with Crippen LogP contribution in [-0.2, 0) is 13.0 Å². The molecule has 2 heterocycles. The van der Waals surface area contributed by atoms with E-state index in [2.05, 4.69) is 17.2 Å². The fourth-order valence-electron chi connectivity index (χ4n) is 2.56. The molecular formula is C18H18ClN3O. The Bertz CT molecular complexity index is 824. The number of hydrogen-bond donors (Lipinski definition) is 1. The summed E-state index contributed by atoms with van der Waals surface area (Å²) >= 11 is 5.88. The predicted molar refractivity (Wildman–Crippen MR) is 91.8 cm³/mol. The van der Waals surface area contributed by atoms with Gasteiger partial charge in [-0.25, -0.2) is 4.98 Å². The van der Waals surface area contributed by atoms with Crippen molar-refractivity contribution in [1.82, 2.24) is 14.7 Å². The zero-order chi connectivity index (χ0) is 16.2. The fourth-order valence-corrected chi connectivity index (χ4v) is 2.69. The van der Waals surface area contributed by atoms with E-state index in [1.54, 1.807) is 0 Å². The molecule has 0 aliphatic carbocycles. The van der Waals surface area contributed by atoms with Gasteiger partial charge in [-0.05, 0) is 36.2 Å². The van der Waals surface area contributed by atoms with E-state index in [-0.39, 0.29) is 5.91 Å². The second kappa shape index (κ2) is 6.84. The maximum Gasteiger partial charge on any atom is 0.270 e. The van der Waals surface area contributed by atoms with Crippen LogP contribution in [0.15, 0.2) is 48.7 Å². The Balaban J connectivity index is 1.84. The maximum atomic E-state index is 12.7. The molecule has 1 aromatic carbocycles. The van der Waals surface area contributed by atoms with E-state index in [1.807, 2.05) is 53.1 Å². The Morgan fingerprint density at radius 2 is 2.00 bits per heavy atom. The lowest BCUT2D eigenvalue weighted by atomic mass is 10.2. The molecule has 0 unspecified atom stereocenters. The standard InChI is InChI=1S/C18H18ClN3O/c1-2-5-15-17(22-11-4-3-6-16(22)21-15)18(23)20-12-13-7-9-14(19)10-8-13/h3-4,6-11H,2,5,12H2,1H3,(H,20,23). The van der Waals surface area contributed by atoms with E-state index in [0.717, 1.165) is 29.7 Å². The Labute approximate surface area is 140 Å². The Morgan fingerprint density at radius 1 is 1.22 bits per heavy atom. The third kappa shape index (κ3) is 3.37. The van der Waals surface area contributed by atoms with Crippen molar-refractivity contribution in [2.24, 2.45) is 0 Å². The van der Waals surface area contributed by atoms with Crippen molar-refractivity contribution in [1.29, 1.82) is 0 Å². The highest BCUT2D eigenvalue weighted by Gasteiger charge is 2.18. The normalized spacial score (nSPS) is 10.9. The Hall–Kier alpha value is -2.33. The summed E-state index contributed by atoms with van der Waals surface area (Å²) in [5, 5.41) is 3.66. The first-order chi connectivity index (χ1) is 11.2. The number of nitrogens with zero attached hydrogens (tertiary/aromatic N) is 2. The van der Waals surface area contributed by atoms with Gasteiger partial charge in [-0.1, -0.05) is 43.1 Å². The van der Waals surface area contributed by atoms with Crippen LogP contribution in [0, 0.1) is 0 Å². The minimum Gasteiger partial charge on any atom is -0.347 e. The molecule has 23 heavy (non-hydrogen) atoms. The zero-order valence-electron chi connectivity index (χ0n) is 12.9. The van der Waals surface area contributed by atoms with E-state index < -0.39 is 0 Å². The van der Waals surface area contributed by atoms with Crippen LogP contribution in [0.25, 0.3) is 5.65 Å². The molecule has 0 saturated carbocycles. The Kier molecular flexibility index (Phi) is 4.63. The molecule has 3 rings (SSSR count). The number of fused-ring (bicyclic) bond motifs is 1. The van der Waals surface area contributed by atoms with E-state index in [0.29, 0.717) is 17.3 Å². The molecular weight excluding hydrogens is 310 g/mol. The molecule has 0 saturated heterocycles. The summed E-state index contributed by atoms with van der Waals surface area (Å²) in [5.74, 6) is -0.109. The number of carbonyl (C=O) groups excluding carboxylic acids is 1. The number of pyridine rings is 1. The minimum atomic E-state index is -0.109. The van der Waals surface area contributed by atoms with E-state index in [4.69, 9.17) is 11.6 Å². The molecule has 5 heteroatoms. The molecule has 0 fully saturated rings. The topological polar surface area (TPSA) is 46.4 Å². The number of imidazole rings is 1. The van der Waals surface area contributed by atoms with Crippen molar-refractivity contribution in [2.75, 3.05) is 0 Å². The number of nitrogens with one attached hydrogen (secondary N) is 1. The molecule has 4 nitrogen and oxygen atoms in total. The minimum absolute atomic E-state index is 0.109. The van der Waals surface area contributed by atoms with Crippen LogP contribution in [-0.4, -0.2) is 15.3 Å². The summed E-state index contributed by atoms with van der Waals surface area (Å²) in [7, 11) is 0. The van der Waals surface area contributed by atoms with Gasteiger partial charge < -0.3 is 5.32 Å². The number of rotatable bonds is 5. The molecule has 118 valence electrons. The van der Waals surface area contributed by atoms with Crippen molar-refractivity contribution >= 4 is 23.2 Å². The Morgan fingerprint density at radius 3 is 2.74 bits per heavy atom. The molecule has 0 bridgehead atoms. The van der Waals surface area contributed by atoms with Crippen molar-refractivity contribution in [2.45, 2.75) is 26.3 Å². The number of benzene rings is 1. The summed E-state index contributed by atoms with van der Waals surface area (Å²) in [5.41, 5.74) is 3.27. The lowest BCUT2D eigenvalue weighted by molar-refractivity contribution is 0.0944. The number of aromatic nitrogens is 2. The predicted octanol–water partition coefficient (Wildman–Crippen LogP) is 3.87. The van der Waals surface area contributed by atoms with Gasteiger partial charge in [-0.15, -0.1) is 0 Å². The smallest absolute Gasteiger partial charge is 0.270 e. The van der Waals surface area contributed by atoms with Crippen LogP contribution in [0.4, 0.5) is 0 Å². The summed E-state index contributed by atoms with van der Waals surface area (Å²) in [6, 6.07) is 13.2. The van der Waals surface area contributed by atoms with Crippen molar-refractivity contribution in [3.63, 3.8) is 0 Å². The monoisotopic (exact) mass is 327 g/mol. The van der Waals surface area contributed by atoms with Crippen LogP contribution >= 0.6 is 11.6 Å². The van der Waals surface area contributed by atoms with Gasteiger partial charge in [0.05, 0.1) is 5.69 Å². The second-order valence-electron chi connectivity index (χ2n) is 5.40. The maximum absolute atomic E-state index is 12.7. The number of hydrogen-bond acceptors (Lipinski definition) is 2. The highest BCUT2D eigenvalue weighted by Crippen LogP contribution is 2.15. The third-order valence-corrected chi connectivity index (χ3v) is 3.92. The molecule has 1 N–H and O–H groups in total. The molecule has 0 aliphatic rings.